The Labute approximate surface area is 210 Å². The van der Waals surface area contributed by atoms with Gasteiger partial charge in [0.2, 0.25) is 0 Å². The quantitative estimate of drug-likeness (QED) is 0.251. The van der Waals surface area contributed by atoms with E-state index < -0.39 is 0 Å². The van der Waals surface area contributed by atoms with E-state index in [0.29, 0.717) is 0 Å². The second-order valence-corrected chi connectivity index (χ2v) is 10.7. The van der Waals surface area contributed by atoms with Crippen molar-refractivity contribution in [1.82, 2.24) is 4.98 Å². The first kappa shape index (κ1) is 19.9. The number of nitrogens with one attached hydrogen (secondary N) is 1. The van der Waals surface area contributed by atoms with Gasteiger partial charge in [-0.25, -0.2) is 0 Å². The van der Waals surface area contributed by atoms with E-state index in [1.165, 1.54) is 76.7 Å². The van der Waals surface area contributed by atoms with Crippen LogP contribution >= 0.6 is 0 Å². The summed E-state index contributed by atoms with van der Waals surface area (Å²) in [5.41, 5.74) is 10.5. The molecular formula is C35H25N. The third-order valence-electron chi connectivity index (χ3n) is 8.40. The Bertz CT molecular complexity index is 2020. The molecular weight excluding hydrogens is 434 g/mol. The molecule has 170 valence electrons. The molecule has 0 radical (unpaired) electrons. The third kappa shape index (κ3) is 2.50. The fourth-order valence-corrected chi connectivity index (χ4v) is 6.61. The first-order valence-corrected chi connectivity index (χ1v) is 12.7. The van der Waals surface area contributed by atoms with Gasteiger partial charge in [-0.1, -0.05) is 111 Å². The van der Waals surface area contributed by atoms with Gasteiger partial charge in [0.1, 0.15) is 0 Å². The summed E-state index contributed by atoms with van der Waals surface area (Å²) in [5.74, 6) is 0. The molecule has 7 aromatic rings. The molecule has 1 aliphatic carbocycles. The Morgan fingerprint density at radius 2 is 1.28 bits per heavy atom. The number of hydrogen-bond donors (Lipinski definition) is 1. The molecule has 0 fully saturated rings. The normalized spacial score (nSPS) is 14.1. The van der Waals surface area contributed by atoms with Crippen molar-refractivity contribution in [3.05, 3.63) is 120 Å². The van der Waals surface area contributed by atoms with Crippen LogP contribution in [0.25, 0.3) is 65.6 Å². The van der Waals surface area contributed by atoms with Crippen molar-refractivity contribution >= 4 is 43.4 Å². The maximum atomic E-state index is 3.77. The van der Waals surface area contributed by atoms with Gasteiger partial charge in [-0.05, 0) is 61.5 Å². The van der Waals surface area contributed by atoms with Crippen LogP contribution in [0.1, 0.15) is 25.0 Å². The lowest BCUT2D eigenvalue weighted by molar-refractivity contribution is 0.661. The minimum atomic E-state index is -0.0464. The van der Waals surface area contributed by atoms with Crippen LogP contribution in [0.15, 0.2) is 109 Å². The van der Waals surface area contributed by atoms with Crippen LogP contribution in [0.4, 0.5) is 0 Å². The molecule has 6 aromatic carbocycles. The van der Waals surface area contributed by atoms with E-state index >= 15 is 0 Å². The Morgan fingerprint density at radius 3 is 2.14 bits per heavy atom. The molecule has 0 bridgehead atoms. The molecule has 0 atom stereocenters. The summed E-state index contributed by atoms with van der Waals surface area (Å²) < 4.78 is 0. The number of hydrogen-bond acceptors (Lipinski definition) is 0. The minimum absolute atomic E-state index is 0.0464. The Morgan fingerprint density at radius 1 is 0.556 bits per heavy atom. The molecule has 8 rings (SSSR count). The van der Waals surface area contributed by atoms with Gasteiger partial charge in [0.05, 0.1) is 5.52 Å². The summed E-state index contributed by atoms with van der Waals surface area (Å²) in [6.45, 7) is 4.73. The number of rotatable bonds is 1. The molecule has 1 heterocycles. The molecule has 0 saturated carbocycles. The van der Waals surface area contributed by atoms with Crippen molar-refractivity contribution in [2.24, 2.45) is 0 Å². The lowest BCUT2D eigenvalue weighted by Crippen LogP contribution is -2.15. The fourth-order valence-electron chi connectivity index (χ4n) is 6.61. The summed E-state index contributed by atoms with van der Waals surface area (Å²) in [5, 5.41) is 7.83. The molecule has 1 nitrogen and oxygen atoms in total. The summed E-state index contributed by atoms with van der Waals surface area (Å²) in [6.07, 6.45) is 0. The first-order valence-electron chi connectivity index (χ1n) is 12.7. The summed E-state index contributed by atoms with van der Waals surface area (Å²) in [6, 6.07) is 40.3. The highest BCUT2D eigenvalue weighted by molar-refractivity contribution is 6.22. The predicted octanol–water partition coefficient (Wildman–Crippen LogP) is 9.60. The van der Waals surface area contributed by atoms with Crippen molar-refractivity contribution in [3.63, 3.8) is 0 Å². The summed E-state index contributed by atoms with van der Waals surface area (Å²) in [4.78, 5) is 3.77. The molecule has 36 heavy (non-hydrogen) atoms. The van der Waals surface area contributed by atoms with E-state index in [2.05, 4.69) is 128 Å². The topological polar surface area (TPSA) is 15.8 Å². The van der Waals surface area contributed by atoms with Crippen LogP contribution in [0.3, 0.4) is 0 Å². The van der Waals surface area contributed by atoms with E-state index in [1.54, 1.807) is 0 Å². The average molecular weight is 460 g/mol. The van der Waals surface area contributed by atoms with E-state index in [9.17, 15) is 0 Å². The van der Waals surface area contributed by atoms with Gasteiger partial charge in [0, 0.05) is 27.3 Å². The van der Waals surface area contributed by atoms with Crippen molar-refractivity contribution < 1.29 is 0 Å². The molecule has 0 amide bonds. The van der Waals surface area contributed by atoms with E-state index in [4.69, 9.17) is 0 Å². The predicted molar refractivity (Wildman–Crippen MR) is 154 cm³/mol. The molecule has 0 aliphatic heterocycles. The van der Waals surface area contributed by atoms with Gasteiger partial charge in [-0.3, -0.25) is 0 Å². The van der Waals surface area contributed by atoms with Gasteiger partial charge in [-0.15, -0.1) is 0 Å². The van der Waals surface area contributed by atoms with Crippen molar-refractivity contribution in [2.75, 3.05) is 0 Å². The summed E-state index contributed by atoms with van der Waals surface area (Å²) >= 11 is 0. The number of aromatic nitrogens is 1. The second kappa shape index (κ2) is 6.86. The van der Waals surface area contributed by atoms with Gasteiger partial charge in [0.15, 0.2) is 0 Å². The largest absolute Gasteiger partial charge is 0.354 e. The number of benzene rings is 6. The van der Waals surface area contributed by atoms with E-state index in [-0.39, 0.29) is 5.41 Å². The highest BCUT2D eigenvalue weighted by atomic mass is 14.7. The zero-order valence-electron chi connectivity index (χ0n) is 20.4. The number of fused-ring (bicyclic) bond motifs is 10. The monoisotopic (exact) mass is 459 g/mol. The molecule has 0 unspecified atom stereocenters. The number of aromatic amines is 1. The van der Waals surface area contributed by atoms with Gasteiger partial charge >= 0.3 is 0 Å². The Kier molecular flexibility index (Phi) is 3.79. The maximum absolute atomic E-state index is 3.77. The summed E-state index contributed by atoms with van der Waals surface area (Å²) in [7, 11) is 0. The van der Waals surface area contributed by atoms with Crippen molar-refractivity contribution in [1.29, 1.82) is 0 Å². The lowest BCUT2D eigenvalue weighted by Gasteiger charge is -2.22. The smallest absolute Gasteiger partial charge is 0.0544 e. The first-order chi connectivity index (χ1) is 17.6. The zero-order chi connectivity index (χ0) is 24.0. The van der Waals surface area contributed by atoms with Crippen molar-refractivity contribution in [3.8, 4) is 22.3 Å². The molecule has 0 spiro atoms. The van der Waals surface area contributed by atoms with Crippen molar-refractivity contribution in [2.45, 2.75) is 19.3 Å². The zero-order valence-corrected chi connectivity index (χ0v) is 20.4. The fraction of sp³-hybridized carbons (Fsp3) is 0.0857. The van der Waals surface area contributed by atoms with Crippen LogP contribution in [0.2, 0.25) is 0 Å². The molecule has 1 heteroatoms. The van der Waals surface area contributed by atoms with Gasteiger partial charge in [-0.2, -0.15) is 0 Å². The van der Waals surface area contributed by atoms with Crippen LogP contribution in [-0.2, 0) is 5.41 Å². The standard InChI is InChI=1S/C35H25N/c1-35(2)29-18-15-21-8-3-5-10-24(21)32(29)27-17-14-23(20-30(27)35)26-12-7-13-28-33-25-11-6-4-9-22(25)16-19-31(33)36-34(26)28/h3-20,36H,1-2H3. The van der Waals surface area contributed by atoms with Crippen LogP contribution < -0.4 is 0 Å². The Hall–Kier alpha value is -4.36. The van der Waals surface area contributed by atoms with Crippen LogP contribution in [0.5, 0.6) is 0 Å². The second-order valence-electron chi connectivity index (χ2n) is 10.7. The number of para-hydroxylation sites is 1. The highest BCUT2D eigenvalue weighted by Gasteiger charge is 2.36. The average Bonchev–Trinajstić information content (AvgIpc) is 3.41. The Balaban J connectivity index is 1.39. The molecule has 1 N–H and O–H groups in total. The SMILES string of the molecule is CC1(C)c2cc(-c3cccc4c3[nH]c3ccc5ccccc5c34)ccc2-c2c1ccc1ccccc21. The number of H-pyrrole nitrogens is 1. The molecule has 1 aliphatic rings. The van der Waals surface area contributed by atoms with Gasteiger partial charge < -0.3 is 4.98 Å². The maximum Gasteiger partial charge on any atom is 0.0544 e. The van der Waals surface area contributed by atoms with Crippen LogP contribution in [0, 0.1) is 0 Å². The van der Waals surface area contributed by atoms with Crippen LogP contribution in [-0.4, -0.2) is 4.98 Å². The minimum Gasteiger partial charge on any atom is -0.354 e. The lowest BCUT2D eigenvalue weighted by atomic mass is 9.81. The third-order valence-corrected chi connectivity index (χ3v) is 8.40. The molecule has 1 aromatic heterocycles. The molecule has 0 saturated heterocycles. The van der Waals surface area contributed by atoms with Gasteiger partial charge in [0.25, 0.3) is 0 Å². The highest BCUT2D eigenvalue weighted by Crippen LogP contribution is 2.52. The van der Waals surface area contributed by atoms with E-state index in [0.717, 1.165) is 0 Å². The van der Waals surface area contributed by atoms with E-state index in [1.807, 2.05) is 0 Å².